The van der Waals surface area contributed by atoms with Crippen LogP contribution in [0.2, 0.25) is 5.02 Å². The number of hydrogen-bond donors (Lipinski definition) is 1. The quantitative estimate of drug-likeness (QED) is 0.542. The molecule has 6 heteroatoms. The van der Waals surface area contributed by atoms with E-state index in [4.69, 9.17) is 16.3 Å². The third kappa shape index (κ3) is 3.78. The summed E-state index contributed by atoms with van der Waals surface area (Å²) in [7, 11) is 0. The van der Waals surface area contributed by atoms with Crippen LogP contribution >= 0.6 is 11.6 Å². The van der Waals surface area contributed by atoms with Crippen molar-refractivity contribution in [1.29, 1.82) is 0 Å². The largest absolute Gasteiger partial charge is 0.454 e. The molecule has 0 saturated heterocycles. The minimum atomic E-state index is -0.731. The second kappa shape index (κ2) is 7.37. The SMILES string of the molecule is Cc1ccc(C(=O)COC(=O)c2cc(=O)[nH]c3c(C)c(Cl)ccc23)cc1C. The summed E-state index contributed by atoms with van der Waals surface area (Å²) >= 11 is 6.08. The van der Waals surface area contributed by atoms with Gasteiger partial charge in [0.25, 0.3) is 0 Å². The molecule has 0 saturated carbocycles. The fraction of sp³-hybridized carbons (Fsp3) is 0.190. The van der Waals surface area contributed by atoms with E-state index in [-0.39, 0.29) is 11.3 Å². The Morgan fingerprint density at radius 3 is 2.48 bits per heavy atom. The minimum Gasteiger partial charge on any atom is -0.454 e. The van der Waals surface area contributed by atoms with Crippen molar-refractivity contribution in [2.75, 3.05) is 6.61 Å². The smallest absolute Gasteiger partial charge is 0.339 e. The molecule has 0 fully saturated rings. The van der Waals surface area contributed by atoms with Crippen molar-refractivity contribution >= 4 is 34.3 Å². The van der Waals surface area contributed by atoms with Crippen molar-refractivity contribution < 1.29 is 14.3 Å². The first-order chi connectivity index (χ1) is 12.8. The van der Waals surface area contributed by atoms with Crippen molar-refractivity contribution in [3.8, 4) is 0 Å². The van der Waals surface area contributed by atoms with Crippen molar-refractivity contribution in [2.24, 2.45) is 0 Å². The Bertz CT molecular complexity index is 1130. The molecule has 3 aromatic rings. The number of ether oxygens (including phenoxy) is 1. The number of fused-ring (bicyclic) bond motifs is 1. The molecule has 0 unspecified atom stereocenters. The summed E-state index contributed by atoms with van der Waals surface area (Å²) in [5.41, 5.74) is 3.33. The van der Waals surface area contributed by atoms with Gasteiger partial charge >= 0.3 is 5.97 Å². The van der Waals surface area contributed by atoms with Crippen LogP contribution < -0.4 is 5.56 Å². The molecule has 0 spiro atoms. The van der Waals surface area contributed by atoms with Gasteiger partial charge in [-0.2, -0.15) is 0 Å². The Morgan fingerprint density at radius 1 is 1.04 bits per heavy atom. The lowest BCUT2D eigenvalue weighted by atomic mass is 10.0. The number of esters is 1. The van der Waals surface area contributed by atoms with E-state index in [1.165, 1.54) is 6.07 Å². The first-order valence-electron chi connectivity index (χ1n) is 8.37. The number of halogens is 1. The van der Waals surface area contributed by atoms with Crippen molar-refractivity contribution in [1.82, 2.24) is 4.98 Å². The lowest BCUT2D eigenvalue weighted by Gasteiger charge is -2.10. The predicted molar refractivity (Wildman–Crippen MR) is 105 cm³/mol. The molecule has 5 nitrogen and oxygen atoms in total. The van der Waals surface area contributed by atoms with E-state index in [1.807, 2.05) is 19.9 Å². The molecule has 0 aliphatic heterocycles. The van der Waals surface area contributed by atoms with Gasteiger partial charge in [-0.15, -0.1) is 0 Å². The average Bonchev–Trinajstić information content (AvgIpc) is 2.64. The monoisotopic (exact) mass is 383 g/mol. The predicted octanol–water partition coefficient (Wildman–Crippen LogP) is 4.15. The topological polar surface area (TPSA) is 76.2 Å². The number of benzene rings is 2. The lowest BCUT2D eigenvalue weighted by molar-refractivity contribution is 0.0476. The fourth-order valence-corrected chi connectivity index (χ4v) is 2.97. The number of Topliss-reactive ketones (excluding diaryl/α,β-unsaturated/α-hetero) is 1. The first-order valence-corrected chi connectivity index (χ1v) is 8.75. The Hall–Kier alpha value is -2.92. The van der Waals surface area contributed by atoms with Gasteiger partial charge in [-0.1, -0.05) is 29.8 Å². The van der Waals surface area contributed by atoms with E-state index in [1.54, 1.807) is 31.2 Å². The number of rotatable bonds is 4. The summed E-state index contributed by atoms with van der Waals surface area (Å²) in [5.74, 6) is -1.04. The van der Waals surface area contributed by atoms with Crippen LogP contribution in [-0.2, 0) is 4.74 Å². The van der Waals surface area contributed by atoms with E-state index in [0.29, 0.717) is 27.1 Å². The number of ketones is 1. The molecule has 0 aliphatic carbocycles. The van der Waals surface area contributed by atoms with Gasteiger partial charge in [0.15, 0.2) is 12.4 Å². The summed E-state index contributed by atoms with van der Waals surface area (Å²) in [6, 6.07) is 9.77. The maximum atomic E-state index is 12.5. The molecule has 2 aromatic carbocycles. The maximum Gasteiger partial charge on any atom is 0.339 e. The summed E-state index contributed by atoms with van der Waals surface area (Å²) in [4.78, 5) is 39.4. The van der Waals surface area contributed by atoms with Gasteiger partial charge < -0.3 is 9.72 Å². The van der Waals surface area contributed by atoms with Gasteiger partial charge in [-0.3, -0.25) is 9.59 Å². The Kier molecular flexibility index (Phi) is 5.15. The number of nitrogens with one attached hydrogen (secondary N) is 1. The molecule has 0 aliphatic rings. The van der Waals surface area contributed by atoms with Gasteiger partial charge in [-0.25, -0.2) is 4.79 Å². The highest BCUT2D eigenvalue weighted by Crippen LogP contribution is 2.25. The zero-order chi connectivity index (χ0) is 19.7. The molecule has 1 N–H and O–H groups in total. The van der Waals surface area contributed by atoms with Gasteiger partial charge in [0, 0.05) is 22.0 Å². The van der Waals surface area contributed by atoms with E-state index >= 15 is 0 Å². The summed E-state index contributed by atoms with van der Waals surface area (Å²) in [5, 5.41) is 0.994. The molecule has 138 valence electrons. The second-order valence-electron chi connectivity index (χ2n) is 6.44. The summed E-state index contributed by atoms with van der Waals surface area (Å²) in [6.45, 7) is 5.21. The standard InChI is InChI=1S/C21H18ClNO4/c1-11-4-5-14(8-12(11)2)18(24)10-27-21(26)16-9-19(25)23-20-13(3)17(22)7-6-15(16)20/h4-9H,10H2,1-3H3,(H,23,25). The summed E-state index contributed by atoms with van der Waals surface area (Å²) in [6.07, 6.45) is 0. The van der Waals surface area contributed by atoms with Crippen molar-refractivity contribution in [3.05, 3.63) is 79.6 Å². The molecule has 1 heterocycles. The Labute approximate surface area is 160 Å². The van der Waals surface area contributed by atoms with E-state index < -0.39 is 18.1 Å². The first kappa shape index (κ1) is 18.9. The molecule has 27 heavy (non-hydrogen) atoms. The zero-order valence-electron chi connectivity index (χ0n) is 15.2. The fourth-order valence-electron chi connectivity index (χ4n) is 2.82. The molecule has 1 aromatic heterocycles. The maximum absolute atomic E-state index is 12.5. The van der Waals surface area contributed by atoms with Crippen molar-refractivity contribution in [2.45, 2.75) is 20.8 Å². The number of aryl methyl sites for hydroxylation is 3. The van der Waals surface area contributed by atoms with E-state index in [9.17, 15) is 14.4 Å². The number of pyridine rings is 1. The van der Waals surface area contributed by atoms with Gasteiger partial charge in [-0.05, 0) is 49.6 Å². The highest BCUT2D eigenvalue weighted by atomic mass is 35.5. The normalized spacial score (nSPS) is 10.8. The average molecular weight is 384 g/mol. The van der Waals surface area contributed by atoms with Gasteiger partial charge in [0.1, 0.15) is 0 Å². The minimum absolute atomic E-state index is 0.0985. The highest BCUT2D eigenvalue weighted by Gasteiger charge is 2.17. The molecule has 0 radical (unpaired) electrons. The number of H-pyrrole nitrogens is 1. The Balaban J connectivity index is 1.86. The van der Waals surface area contributed by atoms with Gasteiger partial charge in [0.2, 0.25) is 5.56 Å². The molecule has 3 rings (SSSR count). The molecular weight excluding hydrogens is 366 g/mol. The van der Waals surface area contributed by atoms with Crippen LogP contribution in [0.3, 0.4) is 0 Å². The number of carbonyl (C=O) groups is 2. The van der Waals surface area contributed by atoms with Crippen LogP contribution in [0, 0.1) is 20.8 Å². The van der Waals surface area contributed by atoms with Crippen LogP contribution in [0.25, 0.3) is 10.9 Å². The van der Waals surface area contributed by atoms with E-state index in [2.05, 4.69) is 4.98 Å². The van der Waals surface area contributed by atoms with Crippen molar-refractivity contribution in [3.63, 3.8) is 0 Å². The number of aromatic nitrogens is 1. The van der Waals surface area contributed by atoms with Gasteiger partial charge in [0.05, 0.1) is 11.1 Å². The van der Waals surface area contributed by atoms with Crippen LogP contribution in [0.5, 0.6) is 0 Å². The van der Waals surface area contributed by atoms with E-state index in [0.717, 1.165) is 11.1 Å². The molecule has 0 atom stereocenters. The zero-order valence-corrected chi connectivity index (χ0v) is 15.9. The lowest BCUT2D eigenvalue weighted by Crippen LogP contribution is -2.17. The molecule has 0 amide bonds. The number of hydrogen-bond acceptors (Lipinski definition) is 4. The van der Waals surface area contributed by atoms with Crippen LogP contribution in [0.4, 0.5) is 0 Å². The van der Waals surface area contributed by atoms with Crippen LogP contribution in [-0.4, -0.2) is 23.3 Å². The highest BCUT2D eigenvalue weighted by molar-refractivity contribution is 6.32. The second-order valence-corrected chi connectivity index (χ2v) is 6.85. The number of aromatic amines is 1. The third-order valence-corrected chi connectivity index (χ3v) is 5.01. The Morgan fingerprint density at radius 2 is 1.78 bits per heavy atom. The number of carbonyl (C=O) groups excluding carboxylic acids is 2. The third-order valence-electron chi connectivity index (χ3n) is 4.60. The van der Waals surface area contributed by atoms with Crippen LogP contribution in [0.15, 0.2) is 41.2 Å². The molecular formula is C21H18ClNO4. The summed E-state index contributed by atoms with van der Waals surface area (Å²) < 4.78 is 5.17. The van der Waals surface area contributed by atoms with Crippen LogP contribution in [0.1, 0.15) is 37.4 Å². The molecule has 0 bridgehead atoms.